The first-order chi connectivity index (χ1) is 19.9. The molecule has 3 aliphatic rings. The monoisotopic (exact) mass is 565 g/mol. The molecule has 3 aliphatic heterocycles. The number of nitrogens with zero attached hydrogens (tertiary/aromatic N) is 5. The molecule has 0 aliphatic carbocycles. The molecule has 12 heteroatoms. The Hall–Kier alpha value is -3.92. The van der Waals surface area contributed by atoms with Crippen LogP contribution in [0.4, 0.5) is 30.5 Å². The highest BCUT2D eigenvalue weighted by molar-refractivity contribution is 5.67. The molecule has 2 aromatic carbocycles. The van der Waals surface area contributed by atoms with Gasteiger partial charge in [-0.2, -0.15) is 5.26 Å². The molecule has 0 spiro atoms. The molecule has 9 nitrogen and oxygen atoms in total. The van der Waals surface area contributed by atoms with Gasteiger partial charge in [0.2, 0.25) is 5.95 Å². The quantitative estimate of drug-likeness (QED) is 0.443. The molecule has 0 saturated carbocycles. The maximum atomic E-state index is 14.8. The Morgan fingerprint density at radius 3 is 2.56 bits per heavy atom. The number of piperidine rings is 1. The van der Waals surface area contributed by atoms with E-state index in [1.165, 1.54) is 18.2 Å². The molecule has 0 radical (unpaired) electrons. The number of hydrogen-bond acceptors (Lipinski definition) is 9. The standard InChI is InChI=1S/C29H30F3N7O2/c30-24-15-35-28(36-21-2-4-22(5-3-21)38-9-11-39(12-10-38)23-16-40-17-23)37-27(24)19-1-6-25(20(13-19)14-33)41-26-7-8-34-18-29(26,31)32/h1-6,13,15,23,26,34H,7-12,16-18H2,(H,35,36,37). The summed E-state index contributed by atoms with van der Waals surface area (Å²) in [6.07, 6.45) is -0.201. The van der Waals surface area contributed by atoms with Gasteiger partial charge in [-0.15, -0.1) is 0 Å². The summed E-state index contributed by atoms with van der Waals surface area (Å²) in [6.45, 7) is 5.45. The van der Waals surface area contributed by atoms with Crippen molar-refractivity contribution in [1.82, 2.24) is 20.2 Å². The highest BCUT2D eigenvalue weighted by atomic mass is 19.3. The summed E-state index contributed by atoms with van der Waals surface area (Å²) in [4.78, 5) is 13.2. The Morgan fingerprint density at radius 1 is 1.10 bits per heavy atom. The van der Waals surface area contributed by atoms with E-state index in [2.05, 4.69) is 30.4 Å². The van der Waals surface area contributed by atoms with E-state index in [1.54, 1.807) is 0 Å². The van der Waals surface area contributed by atoms with E-state index in [4.69, 9.17) is 9.47 Å². The van der Waals surface area contributed by atoms with E-state index < -0.39 is 24.4 Å². The van der Waals surface area contributed by atoms with Crippen LogP contribution in [0.15, 0.2) is 48.7 Å². The topological polar surface area (TPSA) is 98.6 Å². The van der Waals surface area contributed by atoms with Gasteiger partial charge in [0.25, 0.3) is 5.92 Å². The zero-order valence-electron chi connectivity index (χ0n) is 22.3. The molecule has 1 unspecified atom stereocenters. The molecule has 2 N–H and O–H groups in total. The SMILES string of the molecule is N#Cc1cc(-c2nc(Nc3ccc(N4CCN(C5COC5)CC4)cc3)ncc2F)ccc1OC1CCNCC1(F)F. The fourth-order valence-electron chi connectivity index (χ4n) is 5.27. The summed E-state index contributed by atoms with van der Waals surface area (Å²) >= 11 is 0. The van der Waals surface area contributed by atoms with Crippen molar-refractivity contribution >= 4 is 17.3 Å². The predicted molar refractivity (Wildman–Crippen MR) is 147 cm³/mol. The lowest BCUT2D eigenvalue weighted by Gasteiger charge is -2.43. The van der Waals surface area contributed by atoms with Gasteiger partial charge in [-0.1, -0.05) is 0 Å². The molecule has 0 amide bonds. The number of halogens is 3. The minimum atomic E-state index is -3.07. The van der Waals surface area contributed by atoms with Crippen molar-refractivity contribution in [3.8, 4) is 23.1 Å². The van der Waals surface area contributed by atoms with Gasteiger partial charge in [-0.25, -0.2) is 23.1 Å². The molecule has 1 atom stereocenters. The van der Waals surface area contributed by atoms with Crippen molar-refractivity contribution in [3.63, 3.8) is 0 Å². The highest BCUT2D eigenvalue weighted by Gasteiger charge is 2.43. The van der Waals surface area contributed by atoms with Gasteiger partial charge >= 0.3 is 0 Å². The van der Waals surface area contributed by atoms with Crippen LogP contribution in [0.5, 0.6) is 5.75 Å². The van der Waals surface area contributed by atoms with Gasteiger partial charge in [-0.3, -0.25) is 4.90 Å². The second-order valence-electron chi connectivity index (χ2n) is 10.4. The Balaban J connectivity index is 1.13. The Morgan fingerprint density at radius 2 is 1.88 bits per heavy atom. The summed E-state index contributed by atoms with van der Waals surface area (Å²) in [5, 5.41) is 15.4. The molecular formula is C29H30F3N7O2. The van der Waals surface area contributed by atoms with E-state index in [9.17, 15) is 18.4 Å². The first kappa shape index (κ1) is 27.3. The number of piperazine rings is 1. The Kier molecular flexibility index (Phi) is 7.66. The van der Waals surface area contributed by atoms with E-state index in [0.717, 1.165) is 57.0 Å². The van der Waals surface area contributed by atoms with Crippen LogP contribution in [-0.2, 0) is 4.74 Å². The van der Waals surface area contributed by atoms with Gasteiger partial charge < -0.3 is 25.0 Å². The molecule has 6 rings (SSSR count). The number of hydrogen-bond donors (Lipinski definition) is 2. The molecule has 4 heterocycles. The van der Waals surface area contributed by atoms with Crippen LogP contribution < -0.4 is 20.3 Å². The minimum Gasteiger partial charge on any atom is -0.483 e. The smallest absolute Gasteiger partial charge is 0.296 e. The van der Waals surface area contributed by atoms with Crippen molar-refractivity contribution in [2.45, 2.75) is 24.5 Å². The Bertz CT molecular complexity index is 1420. The molecule has 1 aromatic heterocycles. The largest absolute Gasteiger partial charge is 0.483 e. The van der Waals surface area contributed by atoms with Crippen LogP contribution in [0.2, 0.25) is 0 Å². The summed E-state index contributed by atoms with van der Waals surface area (Å²) in [5.74, 6) is -3.55. The van der Waals surface area contributed by atoms with Crippen molar-refractivity contribution in [2.24, 2.45) is 0 Å². The zero-order valence-corrected chi connectivity index (χ0v) is 22.3. The van der Waals surface area contributed by atoms with Crippen LogP contribution in [0.25, 0.3) is 11.3 Å². The second-order valence-corrected chi connectivity index (χ2v) is 10.4. The number of nitriles is 1. The normalized spacial score (nSPS) is 21.1. The lowest BCUT2D eigenvalue weighted by molar-refractivity contribution is -0.109. The number of aromatic nitrogens is 2. The average Bonchev–Trinajstić information content (AvgIpc) is 2.95. The maximum Gasteiger partial charge on any atom is 0.296 e. The van der Waals surface area contributed by atoms with Crippen molar-refractivity contribution < 1.29 is 22.6 Å². The Labute approximate surface area is 235 Å². The van der Waals surface area contributed by atoms with Crippen LogP contribution in [0, 0.1) is 17.1 Å². The van der Waals surface area contributed by atoms with E-state index in [-0.39, 0.29) is 29.4 Å². The summed E-state index contributed by atoms with van der Waals surface area (Å²) in [5.41, 5.74) is 2.15. The van der Waals surface area contributed by atoms with Crippen LogP contribution in [0.3, 0.4) is 0 Å². The van der Waals surface area contributed by atoms with Gasteiger partial charge in [-0.05, 0) is 49.0 Å². The number of ether oxygens (including phenoxy) is 2. The molecule has 3 fully saturated rings. The van der Waals surface area contributed by atoms with E-state index in [0.29, 0.717) is 18.2 Å². The molecule has 0 bridgehead atoms. The number of nitrogens with one attached hydrogen (secondary N) is 2. The van der Waals surface area contributed by atoms with Crippen LogP contribution in [0.1, 0.15) is 12.0 Å². The van der Waals surface area contributed by atoms with Gasteiger partial charge in [0.1, 0.15) is 17.5 Å². The molecule has 3 saturated heterocycles. The summed E-state index contributed by atoms with van der Waals surface area (Å²) in [6, 6.07) is 14.7. The first-order valence-electron chi connectivity index (χ1n) is 13.7. The fourth-order valence-corrected chi connectivity index (χ4v) is 5.27. The summed E-state index contributed by atoms with van der Waals surface area (Å²) < 4.78 is 54.1. The number of anilines is 3. The fraction of sp³-hybridized carbons (Fsp3) is 0.414. The third kappa shape index (κ3) is 5.93. The lowest BCUT2D eigenvalue weighted by atomic mass is 10.0. The third-order valence-electron chi connectivity index (χ3n) is 7.74. The minimum absolute atomic E-state index is 0.0156. The van der Waals surface area contributed by atoms with Crippen molar-refractivity contribution in [2.75, 3.05) is 62.7 Å². The molecule has 214 valence electrons. The van der Waals surface area contributed by atoms with Crippen molar-refractivity contribution in [3.05, 3.63) is 60.0 Å². The van der Waals surface area contributed by atoms with Crippen LogP contribution >= 0.6 is 0 Å². The van der Waals surface area contributed by atoms with Gasteiger partial charge in [0.05, 0.1) is 37.6 Å². The molecular weight excluding hydrogens is 535 g/mol. The van der Waals surface area contributed by atoms with E-state index in [1.807, 2.05) is 30.3 Å². The van der Waals surface area contributed by atoms with Gasteiger partial charge in [0, 0.05) is 49.5 Å². The second kappa shape index (κ2) is 11.5. The highest BCUT2D eigenvalue weighted by Crippen LogP contribution is 2.32. The third-order valence-corrected chi connectivity index (χ3v) is 7.74. The van der Waals surface area contributed by atoms with E-state index >= 15 is 0 Å². The average molecular weight is 566 g/mol. The zero-order chi connectivity index (χ0) is 28.4. The lowest BCUT2D eigenvalue weighted by Crippen LogP contribution is -2.56. The van der Waals surface area contributed by atoms with Crippen molar-refractivity contribution in [1.29, 1.82) is 5.26 Å². The number of alkyl halides is 2. The van der Waals surface area contributed by atoms with Gasteiger partial charge in [0.15, 0.2) is 11.9 Å². The molecule has 3 aromatic rings. The first-order valence-corrected chi connectivity index (χ1v) is 13.7. The summed E-state index contributed by atoms with van der Waals surface area (Å²) in [7, 11) is 0. The number of benzene rings is 2. The molecule has 41 heavy (non-hydrogen) atoms. The maximum absolute atomic E-state index is 14.8. The predicted octanol–water partition coefficient (Wildman–Crippen LogP) is 3.79. The van der Waals surface area contributed by atoms with Crippen LogP contribution in [-0.4, -0.2) is 85.4 Å². The number of rotatable bonds is 7.